The molecular formula is C13H20N2O3S. The number of likely N-dealkylation sites (N-methyl/N-ethyl adjacent to an activating group) is 1. The highest BCUT2D eigenvalue weighted by Gasteiger charge is 2.37. The fourth-order valence-electron chi connectivity index (χ4n) is 2.51. The summed E-state index contributed by atoms with van der Waals surface area (Å²) in [6.45, 7) is 6.63. The summed E-state index contributed by atoms with van der Waals surface area (Å²) in [7, 11) is 0. The Morgan fingerprint density at radius 1 is 1.63 bits per heavy atom. The predicted molar refractivity (Wildman–Crippen MR) is 73.5 cm³/mol. The Bertz CT molecular complexity index is 435. The van der Waals surface area contributed by atoms with Crippen molar-refractivity contribution in [3.05, 3.63) is 16.1 Å². The van der Waals surface area contributed by atoms with Crippen molar-refractivity contribution in [2.24, 2.45) is 5.92 Å². The third kappa shape index (κ3) is 3.32. The van der Waals surface area contributed by atoms with Crippen molar-refractivity contribution in [2.45, 2.75) is 26.3 Å². The Balaban J connectivity index is 1.96. The van der Waals surface area contributed by atoms with Crippen LogP contribution in [-0.4, -0.2) is 53.3 Å². The van der Waals surface area contributed by atoms with E-state index in [4.69, 9.17) is 4.74 Å². The molecule has 1 fully saturated rings. The molecule has 0 radical (unpaired) electrons. The average Bonchev–Trinajstić information content (AvgIpc) is 3.00. The molecule has 5 nitrogen and oxygen atoms in total. The van der Waals surface area contributed by atoms with E-state index in [0.29, 0.717) is 13.2 Å². The second kappa shape index (κ2) is 6.45. The Morgan fingerprint density at radius 3 is 3.00 bits per heavy atom. The van der Waals surface area contributed by atoms with Crippen LogP contribution in [0.15, 0.2) is 5.51 Å². The number of aryl methyl sites for hydroxylation is 1. The third-order valence-electron chi connectivity index (χ3n) is 3.71. The number of nitrogens with zero attached hydrogens (tertiary/aromatic N) is 2. The molecule has 1 aliphatic heterocycles. The molecule has 2 heterocycles. The highest BCUT2D eigenvalue weighted by Crippen LogP contribution is 2.21. The molecule has 0 spiro atoms. The summed E-state index contributed by atoms with van der Waals surface area (Å²) in [6, 6.07) is -0.00396. The molecule has 1 N–H and O–H groups in total. The van der Waals surface area contributed by atoms with Crippen molar-refractivity contribution in [3.8, 4) is 0 Å². The topological polar surface area (TPSA) is 62.7 Å². The molecule has 6 heteroatoms. The van der Waals surface area contributed by atoms with Crippen LogP contribution in [0.1, 0.15) is 17.5 Å². The van der Waals surface area contributed by atoms with Crippen molar-refractivity contribution < 1.29 is 14.6 Å². The van der Waals surface area contributed by atoms with E-state index in [1.165, 1.54) is 4.88 Å². The molecule has 2 unspecified atom stereocenters. The van der Waals surface area contributed by atoms with Gasteiger partial charge in [-0.25, -0.2) is 4.98 Å². The number of aliphatic carboxylic acids is 1. The van der Waals surface area contributed by atoms with Gasteiger partial charge in [-0.3, -0.25) is 9.69 Å². The van der Waals surface area contributed by atoms with E-state index in [1.54, 1.807) is 11.3 Å². The molecule has 0 bridgehead atoms. The molecule has 2 atom stereocenters. The zero-order chi connectivity index (χ0) is 13.8. The Kier molecular flexibility index (Phi) is 4.90. The van der Waals surface area contributed by atoms with E-state index in [9.17, 15) is 9.90 Å². The van der Waals surface area contributed by atoms with Gasteiger partial charge in [0, 0.05) is 17.5 Å². The minimum atomic E-state index is -0.755. The van der Waals surface area contributed by atoms with Crippen LogP contribution in [0.25, 0.3) is 0 Å². The molecule has 0 aliphatic carbocycles. The molecule has 0 amide bonds. The molecule has 1 aromatic heterocycles. The first-order chi connectivity index (χ1) is 9.13. The van der Waals surface area contributed by atoms with Crippen LogP contribution in [-0.2, 0) is 16.0 Å². The maximum Gasteiger partial charge on any atom is 0.310 e. The van der Waals surface area contributed by atoms with Gasteiger partial charge in [0.2, 0.25) is 0 Å². The van der Waals surface area contributed by atoms with Crippen LogP contribution in [0.4, 0.5) is 0 Å². The Morgan fingerprint density at radius 2 is 2.42 bits per heavy atom. The summed E-state index contributed by atoms with van der Waals surface area (Å²) in [5.41, 5.74) is 2.94. The number of aromatic nitrogens is 1. The van der Waals surface area contributed by atoms with Gasteiger partial charge in [0.15, 0.2) is 0 Å². The van der Waals surface area contributed by atoms with Crippen LogP contribution < -0.4 is 0 Å². The van der Waals surface area contributed by atoms with E-state index in [1.807, 2.05) is 12.4 Å². The van der Waals surface area contributed by atoms with Crippen LogP contribution in [0.2, 0.25) is 0 Å². The van der Waals surface area contributed by atoms with Crippen LogP contribution in [0.5, 0.6) is 0 Å². The minimum Gasteiger partial charge on any atom is -0.481 e. The molecular weight excluding hydrogens is 264 g/mol. The van der Waals surface area contributed by atoms with Gasteiger partial charge in [-0.1, -0.05) is 6.92 Å². The molecule has 0 aromatic carbocycles. The normalized spacial score (nSPS) is 23.1. The Labute approximate surface area is 117 Å². The van der Waals surface area contributed by atoms with Crippen molar-refractivity contribution in [1.82, 2.24) is 9.88 Å². The predicted octanol–water partition coefficient (Wildman–Crippen LogP) is 1.42. The van der Waals surface area contributed by atoms with Crippen LogP contribution >= 0.6 is 11.3 Å². The quantitative estimate of drug-likeness (QED) is 0.856. The number of carboxylic acids is 1. The van der Waals surface area contributed by atoms with Crippen molar-refractivity contribution >= 4 is 17.3 Å². The number of hydrogen-bond acceptors (Lipinski definition) is 5. The number of hydrogen-bond donors (Lipinski definition) is 1. The maximum atomic E-state index is 11.2. The number of thiazole rings is 1. The standard InChI is InChI=1S/C13H20N2O3S/c1-3-15(5-4-12-9(2)14-8-19-12)11-7-18-6-10(11)13(16)17/h8,10-11H,3-7H2,1-2H3,(H,16,17). The summed E-state index contributed by atoms with van der Waals surface area (Å²) in [6.07, 6.45) is 0.924. The van der Waals surface area contributed by atoms with Gasteiger partial charge in [0.25, 0.3) is 0 Å². The number of ether oxygens (including phenoxy) is 1. The van der Waals surface area contributed by atoms with E-state index in [-0.39, 0.29) is 6.04 Å². The monoisotopic (exact) mass is 284 g/mol. The van der Waals surface area contributed by atoms with Gasteiger partial charge in [-0.15, -0.1) is 11.3 Å². The lowest BCUT2D eigenvalue weighted by Gasteiger charge is -2.28. The van der Waals surface area contributed by atoms with E-state index in [0.717, 1.165) is 25.2 Å². The fraction of sp³-hybridized carbons (Fsp3) is 0.692. The number of rotatable bonds is 6. The SMILES string of the molecule is CCN(CCc1scnc1C)C1COCC1C(=O)O. The molecule has 1 aliphatic rings. The lowest BCUT2D eigenvalue weighted by Crippen LogP contribution is -2.44. The van der Waals surface area contributed by atoms with Gasteiger partial charge in [0.1, 0.15) is 0 Å². The van der Waals surface area contributed by atoms with E-state index < -0.39 is 11.9 Å². The lowest BCUT2D eigenvalue weighted by atomic mass is 10.0. The average molecular weight is 284 g/mol. The second-order valence-corrected chi connectivity index (χ2v) is 5.73. The first kappa shape index (κ1) is 14.4. The number of carboxylic acid groups (broad SMARTS) is 1. The van der Waals surface area contributed by atoms with E-state index >= 15 is 0 Å². The molecule has 1 saturated heterocycles. The van der Waals surface area contributed by atoms with Crippen LogP contribution in [0.3, 0.4) is 0 Å². The second-order valence-electron chi connectivity index (χ2n) is 4.79. The summed E-state index contributed by atoms with van der Waals surface area (Å²) >= 11 is 1.67. The van der Waals surface area contributed by atoms with Gasteiger partial charge in [0.05, 0.1) is 30.3 Å². The smallest absolute Gasteiger partial charge is 0.310 e. The lowest BCUT2D eigenvalue weighted by molar-refractivity contribution is -0.143. The van der Waals surface area contributed by atoms with Crippen LogP contribution in [0, 0.1) is 12.8 Å². The highest BCUT2D eigenvalue weighted by atomic mass is 32.1. The van der Waals surface area contributed by atoms with Crippen molar-refractivity contribution in [1.29, 1.82) is 0 Å². The maximum absolute atomic E-state index is 11.2. The van der Waals surface area contributed by atoms with Gasteiger partial charge >= 0.3 is 5.97 Å². The highest BCUT2D eigenvalue weighted by molar-refractivity contribution is 7.09. The molecule has 2 rings (SSSR count). The molecule has 1 aromatic rings. The summed E-state index contributed by atoms with van der Waals surface area (Å²) < 4.78 is 5.34. The fourth-order valence-corrected chi connectivity index (χ4v) is 3.28. The minimum absolute atomic E-state index is 0.00396. The third-order valence-corrected chi connectivity index (χ3v) is 4.71. The summed E-state index contributed by atoms with van der Waals surface area (Å²) in [4.78, 5) is 18.9. The first-order valence-corrected chi connectivity index (χ1v) is 7.45. The largest absolute Gasteiger partial charge is 0.481 e. The van der Waals surface area contributed by atoms with Gasteiger partial charge in [-0.2, -0.15) is 0 Å². The van der Waals surface area contributed by atoms with Crippen molar-refractivity contribution in [3.63, 3.8) is 0 Å². The summed E-state index contributed by atoms with van der Waals surface area (Å²) in [5.74, 6) is -1.16. The molecule has 0 saturated carbocycles. The van der Waals surface area contributed by atoms with Gasteiger partial charge in [-0.05, 0) is 19.9 Å². The van der Waals surface area contributed by atoms with Crippen molar-refractivity contribution in [2.75, 3.05) is 26.3 Å². The summed E-state index contributed by atoms with van der Waals surface area (Å²) in [5, 5.41) is 9.21. The zero-order valence-corrected chi connectivity index (χ0v) is 12.2. The first-order valence-electron chi connectivity index (χ1n) is 6.57. The molecule has 19 heavy (non-hydrogen) atoms. The Hall–Kier alpha value is -0.980. The number of carbonyl (C=O) groups is 1. The van der Waals surface area contributed by atoms with E-state index in [2.05, 4.69) is 16.8 Å². The van der Waals surface area contributed by atoms with Gasteiger partial charge < -0.3 is 9.84 Å². The molecule has 106 valence electrons. The zero-order valence-electron chi connectivity index (χ0n) is 11.3.